The predicted molar refractivity (Wildman–Crippen MR) is 309 cm³/mol. The molecular formula is C71H78. The summed E-state index contributed by atoms with van der Waals surface area (Å²) in [4.78, 5) is 0. The molecule has 1 saturated carbocycles. The standard InChI is InChI=1S/C69H72.C2H6/c1-9-52(53-26-16-11-17-27-53)44-58(35-33-50-23-14-10-15-24-50)59-40-42-63-62-41-34-51(43-66(62)69(7,8)67(63)47-59)25-22-32-61(49(3)68(4,5)6)57-38-36-54(37-39-57)60-45-64(55-28-18-12-19-29-55)48(2)65(46-60)56-30-20-13-21-31-56;1-2/h10-24,26-32,34-44,47-48,60,64-65H,9,25,33,45-46H2,1-8H3;1-2H3/b32-22-,52-44+,58-35+,61-49-;. The summed E-state index contributed by atoms with van der Waals surface area (Å²) in [7, 11) is 0. The lowest BCUT2D eigenvalue weighted by atomic mass is 9.63. The van der Waals surface area contributed by atoms with E-state index in [2.05, 4.69) is 262 Å². The van der Waals surface area contributed by atoms with Gasteiger partial charge in [0.2, 0.25) is 0 Å². The van der Waals surface area contributed by atoms with Crippen molar-refractivity contribution in [1.29, 1.82) is 0 Å². The van der Waals surface area contributed by atoms with Gasteiger partial charge >= 0.3 is 0 Å². The van der Waals surface area contributed by atoms with Crippen LogP contribution in [0, 0.1) is 11.3 Å². The first-order valence-corrected chi connectivity index (χ1v) is 26.8. The lowest BCUT2D eigenvalue weighted by molar-refractivity contribution is 0.257. The second-order valence-electron chi connectivity index (χ2n) is 21.6. The van der Waals surface area contributed by atoms with Crippen molar-refractivity contribution in [2.24, 2.45) is 11.3 Å². The topological polar surface area (TPSA) is 0 Å². The van der Waals surface area contributed by atoms with Crippen LogP contribution in [0.25, 0.3) is 27.8 Å². The Kier molecular flexibility index (Phi) is 16.3. The van der Waals surface area contributed by atoms with Gasteiger partial charge in [-0.25, -0.2) is 0 Å². The molecule has 2 atom stereocenters. The van der Waals surface area contributed by atoms with Crippen molar-refractivity contribution in [1.82, 2.24) is 0 Å². The summed E-state index contributed by atoms with van der Waals surface area (Å²) in [6.45, 7) is 23.0. The minimum Gasteiger partial charge on any atom is -0.0795 e. The normalized spacial score (nSPS) is 19.1. The molecule has 2 unspecified atom stereocenters. The minimum atomic E-state index is -0.129. The molecule has 1 fully saturated rings. The third kappa shape index (κ3) is 11.5. The van der Waals surface area contributed by atoms with E-state index in [4.69, 9.17) is 0 Å². The minimum absolute atomic E-state index is 0.0396. The fraction of sp³-hybridized carbons (Fsp3) is 0.296. The van der Waals surface area contributed by atoms with Gasteiger partial charge in [0.05, 0.1) is 0 Å². The zero-order valence-corrected chi connectivity index (χ0v) is 44.5. The lowest BCUT2D eigenvalue weighted by Crippen LogP contribution is -2.27. The average Bonchev–Trinajstić information content (AvgIpc) is 3.63. The van der Waals surface area contributed by atoms with E-state index in [1.807, 2.05) is 13.8 Å². The Hall–Kier alpha value is -6.50. The van der Waals surface area contributed by atoms with E-state index in [-0.39, 0.29) is 10.8 Å². The van der Waals surface area contributed by atoms with Gasteiger partial charge in [0.1, 0.15) is 0 Å². The maximum absolute atomic E-state index is 2.49. The molecule has 0 nitrogen and oxygen atoms in total. The molecule has 0 spiro atoms. The van der Waals surface area contributed by atoms with Gasteiger partial charge in [-0.3, -0.25) is 0 Å². The summed E-state index contributed by atoms with van der Waals surface area (Å²) in [5.41, 5.74) is 21.8. The highest BCUT2D eigenvalue weighted by Crippen LogP contribution is 2.52. The predicted octanol–water partition coefficient (Wildman–Crippen LogP) is 19.8. The van der Waals surface area contributed by atoms with Crippen molar-refractivity contribution in [3.8, 4) is 11.1 Å². The molecule has 0 radical (unpaired) electrons. The number of rotatable bonds is 13. The quantitative estimate of drug-likeness (QED) is 0.101. The second-order valence-corrected chi connectivity index (χ2v) is 21.6. The van der Waals surface area contributed by atoms with Crippen LogP contribution in [-0.2, 0) is 18.3 Å². The molecule has 362 valence electrons. The van der Waals surface area contributed by atoms with Crippen LogP contribution < -0.4 is 0 Å². The van der Waals surface area contributed by atoms with Crippen LogP contribution in [0.5, 0.6) is 0 Å². The molecule has 0 amide bonds. The Bertz CT molecular complexity index is 2920. The van der Waals surface area contributed by atoms with E-state index in [1.165, 1.54) is 102 Å². The monoisotopic (exact) mass is 931 g/mol. The third-order valence-corrected chi connectivity index (χ3v) is 16.0. The van der Waals surface area contributed by atoms with E-state index in [1.54, 1.807) is 0 Å². The van der Waals surface area contributed by atoms with Crippen LogP contribution in [0.4, 0.5) is 0 Å². The SMILES string of the molecule is CC.CC/C(=C\C(=C/Cc1ccccc1)c1ccc2c(c1)C(C)(C)c1cc(C/C=C\C(=C(/C)C(C)(C)C)c3ccc(C4CC(c5ccccc5)C(C)C(c5ccccc5)C4)cc3)ccc1-2)c1ccccc1. The first-order chi connectivity index (χ1) is 34.4. The molecule has 71 heavy (non-hydrogen) atoms. The summed E-state index contributed by atoms with van der Waals surface area (Å²) in [5.74, 6) is 2.12. The van der Waals surface area contributed by atoms with Gasteiger partial charge in [0.15, 0.2) is 0 Å². The van der Waals surface area contributed by atoms with E-state index in [9.17, 15) is 0 Å². The van der Waals surface area contributed by atoms with Crippen molar-refractivity contribution in [2.75, 3.05) is 0 Å². The molecule has 0 saturated heterocycles. The number of allylic oxidation sites excluding steroid dienone is 8. The highest BCUT2D eigenvalue weighted by molar-refractivity contribution is 5.88. The maximum Gasteiger partial charge on any atom is 0.0159 e. The van der Waals surface area contributed by atoms with Gasteiger partial charge in [-0.05, 0) is 158 Å². The molecule has 0 aliphatic heterocycles. The van der Waals surface area contributed by atoms with Gasteiger partial charge in [0, 0.05) is 5.41 Å². The zero-order chi connectivity index (χ0) is 50.1. The number of hydrogen-bond acceptors (Lipinski definition) is 0. The molecule has 2 aliphatic carbocycles. The summed E-state index contributed by atoms with van der Waals surface area (Å²) < 4.78 is 0. The van der Waals surface area contributed by atoms with Crippen LogP contribution in [-0.4, -0.2) is 0 Å². The Balaban J connectivity index is 0.00000334. The maximum atomic E-state index is 2.49. The molecule has 0 heteroatoms. The summed E-state index contributed by atoms with van der Waals surface area (Å²) >= 11 is 0. The molecule has 0 heterocycles. The largest absolute Gasteiger partial charge is 0.0795 e. The zero-order valence-electron chi connectivity index (χ0n) is 44.5. The number of fused-ring (bicyclic) bond motifs is 3. The van der Waals surface area contributed by atoms with E-state index < -0.39 is 0 Å². The summed E-state index contributed by atoms with van der Waals surface area (Å²) in [6, 6.07) is 68.4. The summed E-state index contributed by atoms with van der Waals surface area (Å²) in [6.07, 6.45) is 14.8. The molecule has 7 aromatic rings. The second kappa shape index (κ2) is 22.7. The Morgan fingerprint density at radius 2 is 1.08 bits per heavy atom. The van der Waals surface area contributed by atoms with Gasteiger partial charge < -0.3 is 0 Å². The van der Waals surface area contributed by atoms with Gasteiger partial charge in [-0.15, -0.1) is 0 Å². The number of benzene rings is 7. The molecule has 7 aromatic carbocycles. The van der Waals surface area contributed by atoms with Crippen molar-refractivity contribution < 1.29 is 0 Å². The van der Waals surface area contributed by atoms with Gasteiger partial charge in [-0.2, -0.15) is 0 Å². The Morgan fingerprint density at radius 1 is 0.563 bits per heavy atom. The smallest absolute Gasteiger partial charge is 0.0159 e. The van der Waals surface area contributed by atoms with E-state index in [0.29, 0.717) is 23.7 Å². The van der Waals surface area contributed by atoms with Crippen molar-refractivity contribution in [3.05, 3.63) is 268 Å². The highest BCUT2D eigenvalue weighted by Gasteiger charge is 2.38. The highest BCUT2D eigenvalue weighted by atomic mass is 14.4. The lowest BCUT2D eigenvalue weighted by Gasteiger charge is -2.41. The molecular weight excluding hydrogens is 853 g/mol. The average molecular weight is 931 g/mol. The van der Waals surface area contributed by atoms with Crippen LogP contribution in [0.1, 0.15) is 162 Å². The van der Waals surface area contributed by atoms with Gasteiger partial charge in [-0.1, -0.05) is 268 Å². The fourth-order valence-corrected chi connectivity index (χ4v) is 11.5. The van der Waals surface area contributed by atoms with Crippen LogP contribution >= 0.6 is 0 Å². The molecule has 2 aliphatic rings. The van der Waals surface area contributed by atoms with Crippen LogP contribution in [0.3, 0.4) is 0 Å². The van der Waals surface area contributed by atoms with Gasteiger partial charge in [0.25, 0.3) is 0 Å². The van der Waals surface area contributed by atoms with E-state index in [0.717, 1.165) is 19.3 Å². The first-order valence-electron chi connectivity index (χ1n) is 26.8. The Morgan fingerprint density at radius 3 is 1.65 bits per heavy atom. The van der Waals surface area contributed by atoms with Crippen LogP contribution in [0.2, 0.25) is 0 Å². The third-order valence-electron chi connectivity index (χ3n) is 16.0. The van der Waals surface area contributed by atoms with Crippen molar-refractivity contribution in [2.45, 2.75) is 125 Å². The van der Waals surface area contributed by atoms with Crippen molar-refractivity contribution in [3.63, 3.8) is 0 Å². The van der Waals surface area contributed by atoms with Crippen LogP contribution in [0.15, 0.2) is 212 Å². The fourth-order valence-electron chi connectivity index (χ4n) is 11.5. The van der Waals surface area contributed by atoms with E-state index >= 15 is 0 Å². The Labute approximate surface area is 429 Å². The summed E-state index contributed by atoms with van der Waals surface area (Å²) in [5, 5.41) is 0. The first kappa shape index (κ1) is 50.9. The molecule has 0 aromatic heterocycles. The molecule has 0 bridgehead atoms. The number of hydrogen-bond donors (Lipinski definition) is 0. The van der Waals surface area contributed by atoms with Crippen molar-refractivity contribution >= 4 is 16.7 Å². The molecule has 9 rings (SSSR count). The molecule has 0 N–H and O–H groups in total.